The molecule has 0 aliphatic carbocycles. The number of rotatable bonds is 17. The van der Waals surface area contributed by atoms with Crippen LogP contribution in [-0.4, -0.2) is 33.8 Å². The van der Waals surface area contributed by atoms with Crippen LogP contribution in [0.1, 0.15) is 63.9 Å². The second-order valence-electron chi connectivity index (χ2n) is 12.9. The van der Waals surface area contributed by atoms with E-state index in [2.05, 4.69) is 89.6 Å². The molecule has 2 aromatic carbocycles. The number of benzene rings is 2. The highest BCUT2D eigenvalue weighted by Gasteiger charge is 2.43. The Morgan fingerprint density at radius 2 is 1.05 bits per heavy atom. The maximum atomic E-state index is 9.05. The molecule has 0 radical (unpaired) electrons. The van der Waals surface area contributed by atoms with Crippen LogP contribution in [0, 0.1) is 11.3 Å². The monoisotopic (exact) mass is 599 g/mol. The lowest BCUT2D eigenvalue weighted by Crippen LogP contribution is -2.59. The van der Waals surface area contributed by atoms with Gasteiger partial charge in [0.2, 0.25) is 8.32 Å². The zero-order chi connectivity index (χ0) is 29.2. The van der Waals surface area contributed by atoms with Crippen LogP contribution in [0.4, 0.5) is 0 Å². The van der Waals surface area contributed by atoms with Crippen molar-refractivity contribution in [1.29, 1.82) is 5.26 Å². The maximum Gasteiger partial charge on any atom is 0.312 e. The van der Waals surface area contributed by atoms with E-state index in [1.54, 1.807) is 0 Å². The maximum absolute atomic E-state index is 9.05. The van der Waals surface area contributed by atoms with E-state index in [4.69, 9.17) is 17.6 Å². The summed E-state index contributed by atoms with van der Waals surface area (Å²) in [4.78, 5) is 0. The van der Waals surface area contributed by atoms with Gasteiger partial charge in [0, 0.05) is 0 Å². The first-order chi connectivity index (χ1) is 18.2. The first-order valence-corrected chi connectivity index (χ1v) is 26.6. The lowest BCUT2D eigenvalue weighted by Gasteiger charge is -2.41. The van der Waals surface area contributed by atoms with Crippen LogP contribution < -0.4 is 5.19 Å². The smallest absolute Gasteiger partial charge is 0.312 e. The van der Waals surface area contributed by atoms with Crippen molar-refractivity contribution in [1.82, 2.24) is 0 Å². The summed E-state index contributed by atoms with van der Waals surface area (Å²) in [5, 5.41) is 10.3. The highest BCUT2D eigenvalue weighted by molar-refractivity contribution is 6.93. The van der Waals surface area contributed by atoms with E-state index in [1.165, 1.54) is 62.6 Å². The first-order valence-electron chi connectivity index (χ1n) is 14.9. The van der Waals surface area contributed by atoms with Gasteiger partial charge in [-0.2, -0.15) is 5.26 Å². The highest BCUT2D eigenvalue weighted by Crippen LogP contribution is 2.27. The van der Waals surface area contributed by atoms with Crippen LogP contribution in [0.15, 0.2) is 48.5 Å². The summed E-state index contributed by atoms with van der Waals surface area (Å²) in [7, 11) is -8.72. The van der Waals surface area contributed by atoms with E-state index < -0.39 is 33.8 Å². The van der Waals surface area contributed by atoms with Gasteiger partial charge in [0.1, 0.15) is 0 Å². The van der Waals surface area contributed by atoms with E-state index in [9.17, 15) is 0 Å². The Bertz CT molecular complexity index is 1040. The minimum atomic E-state index is -2.41. The van der Waals surface area contributed by atoms with Crippen LogP contribution in [0.2, 0.25) is 58.4 Å². The van der Waals surface area contributed by atoms with Crippen molar-refractivity contribution in [3.8, 4) is 17.2 Å². The molecule has 0 heterocycles. The van der Waals surface area contributed by atoms with Gasteiger partial charge in [0.05, 0.1) is 11.6 Å². The lowest BCUT2D eigenvalue weighted by atomic mass is 10.0. The van der Waals surface area contributed by atoms with E-state index >= 15 is 0 Å². The third-order valence-electron chi connectivity index (χ3n) is 7.07. The summed E-state index contributed by atoms with van der Waals surface area (Å²) in [5.74, 6) is 0. The van der Waals surface area contributed by atoms with Crippen LogP contribution >= 0.6 is 0 Å². The molecule has 0 aliphatic rings. The Morgan fingerprint density at radius 3 is 1.56 bits per heavy atom. The van der Waals surface area contributed by atoms with E-state index in [0.29, 0.717) is 5.56 Å². The van der Waals surface area contributed by atoms with Gasteiger partial charge < -0.3 is 12.3 Å². The summed E-state index contributed by atoms with van der Waals surface area (Å²) in [6.45, 7) is 20.3. The molecule has 0 amide bonds. The Morgan fingerprint density at radius 1 is 0.590 bits per heavy atom. The molecule has 0 N–H and O–H groups in total. The molecule has 0 saturated heterocycles. The number of nitriles is 1. The molecule has 8 heteroatoms. The number of nitrogens with zero attached hydrogens (tertiary/aromatic N) is 1. The van der Waals surface area contributed by atoms with Crippen molar-refractivity contribution < 1.29 is 12.3 Å². The summed E-state index contributed by atoms with van der Waals surface area (Å²) in [6, 6.07) is 19.8. The molecule has 2 rings (SSSR count). The van der Waals surface area contributed by atoms with E-state index in [1.807, 2.05) is 24.3 Å². The number of hydrogen-bond donors (Lipinski definition) is 0. The molecule has 0 spiro atoms. The van der Waals surface area contributed by atoms with Crippen LogP contribution in [0.3, 0.4) is 0 Å². The zero-order valence-corrected chi connectivity index (χ0v) is 30.2. The Labute approximate surface area is 243 Å². The van der Waals surface area contributed by atoms with Crippen molar-refractivity contribution in [2.24, 2.45) is 0 Å². The third kappa shape index (κ3) is 12.4. The molecule has 216 valence electrons. The predicted molar refractivity (Wildman–Crippen MR) is 177 cm³/mol. The summed E-state index contributed by atoms with van der Waals surface area (Å²) in [6.07, 6.45) is 10.8. The lowest BCUT2D eigenvalue weighted by molar-refractivity contribution is 0.330. The second kappa shape index (κ2) is 15.1. The van der Waals surface area contributed by atoms with Gasteiger partial charge in [-0.25, -0.2) is 0 Å². The van der Waals surface area contributed by atoms with E-state index in [-0.39, 0.29) is 0 Å². The second-order valence-corrected chi connectivity index (χ2v) is 28.5. The molecule has 39 heavy (non-hydrogen) atoms. The molecule has 0 bridgehead atoms. The topological polar surface area (TPSA) is 51.5 Å². The van der Waals surface area contributed by atoms with Crippen molar-refractivity contribution in [2.75, 3.05) is 0 Å². The van der Waals surface area contributed by atoms with Gasteiger partial charge in [-0.15, -0.1) is 0 Å². The van der Waals surface area contributed by atoms with Gasteiger partial charge in [0.15, 0.2) is 8.32 Å². The number of hydrogen-bond acceptors (Lipinski definition) is 4. The molecule has 2 aromatic rings. The van der Waals surface area contributed by atoms with E-state index in [0.717, 1.165) is 11.1 Å². The summed E-state index contributed by atoms with van der Waals surface area (Å²) < 4.78 is 20.5. The van der Waals surface area contributed by atoms with Crippen LogP contribution in [0.25, 0.3) is 11.1 Å². The van der Waals surface area contributed by atoms with Gasteiger partial charge in [-0.3, -0.25) is 0 Å². The largest absolute Gasteiger partial charge is 0.436 e. The standard InChI is InChI=1S/C31H53NO3Si4/c1-10-11-12-13-14-15-16-17-26-36(2,3)33-38(6,7)35-39(8,9)34-37(4,5)31-24-22-30(23-25-31)29-20-18-28(27-32)19-21-29/h18-25H,10-17,26H2,1-9H3. The molecular weight excluding hydrogens is 547 g/mol. The fourth-order valence-corrected chi connectivity index (χ4v) is 24.5. The normalized spacial score (nSPS) is 12.9. The molecule has 0 fully saturated rings. The molecule has 0 unspecified atom stereocenters. The fourth-order valence-electron chi connectivity index (χ4n) is 5.51. The molecule has 0 atom stereocenters. The van der Waals surface area contributed by atoms with Gasteiger partial charge in [0.25, 0.3) is 0 Å². The average Bonchev–Trinajstić information content (AvgIpc) is 2.83. The first kappa shape index (κ1) is 33.9. The van der Waals surface area contributed by atoms with Gasteiger partial charge in [-0.05, 0) is 86.9 Å². The Hall–Kier alpha value is -1.32. The molecule has 4 nitrogen and oxygen atoms in total. The fraction of sp³-hybridized carbons (Fsp3) is 0.581. The minimum absolute atomic E-state index is 0.680. The van der Waals surface area contributed by atoms with Crippen molar-refractivity contribution in [2.45, 2.75) is 117 Å². The number of unbranched alkanes of at least 4 members (excludes halogenated alkanes) is 7. The van der Waals surface area contributed by atoms with Crippen molar-refractivity contribution in [3.05, 3.63) is 54.1 Å². The Balaban J connectivity index is 1.91. The zero-order valence-electron chi connectivity index (χ0n) is 26.2. The van der Waals surface area contributed by atoms with Crippen molar-refractivity contribution in [3.63, 3.8) is 0 Å². The molecule has 0 aliphatic heterocycles. The van der Waals surface area contributed by atoms with Crippen LogP contribution in [0.5, 0.6) is 0 Å². The molecular formula is C31H53NO3Si4. The van der Waals surface area contributed by atoms with Crippen LogP contribution in [-0.2, 0) is 12.3 Å². The minimum Gasteiger partial charge on any atom is -0.436 e. The van der Waals surface area contributed by atoms with Crippen molar-refractivity contribution >= 4 is 38.9 Å². The quantitative estimate of drug-likeness (QED) is 0.134. The molecule has 0 saturated carbocycles. The summed E-state index contributed by atoms with van der Waals surface area (Å²) in [5.41, 5.74) is 2.94. The average molecular weight is 600 g/mol. The SMILES string of the molecule is CCCCCCCCCC[Si](C)(C)O[Si](C)(C)O[Si](C)(C)O[Si](C)(C)c1ccc(-c2ccc(C#N)cc2)cc1. The Kier molecular flexibility index (Phi) is 13.1. The highest BCUT2D eigenvalue weighted by atomic mass is 28.5. The third-order valence-corrected chi connectivity index (χ3v) is 22.5. The molecule has 0 aromatic heterocycles. The van der Waals surface area contributed by atoms with Gasteiger partial charge >= 0.3 is 17.1 Å². The summed E-state index contributed by atoms with van der Waals surface area (Å²) >= 11 is 0. The predicted octanol–water partition coefficient (Wildman–Crippen LogP) is 9.44. The van der Waals surface area contributed by atoms with Gasteiger partial charge in [-0.1, -0.05) is 94.7 Å².